The number of fused-ring (bicyclic) bond motifs is 1. The van der Waals surface area contributed by atoms with Crippen molar-refractivity contribution in [2.75, 3.05) is 6.54 Å². The van der Waals surface area contributed by atoms with E-state index in [0.717, 1.165) is 23.5 Å². The number of hydrogen-bond donors (Lipinski definition) is 1. The minimum absolute atomic E-state index is 0.135. The Kier molecular flexibility index (Phi) is 2.68. The Morgan fingerprint density at radius 2 is 2.19 bits per heavy atom. The van der Waals surface area contributed by atoms with Crippen LogP contribution in [0.4, 0.5) is 0 Å². The van der Waals surface area contributed by atoms with E-state index in [-0.39, 0.29) is 5.54 Å². The summed E-state index contributed by atoms with van der Waals surface area (Å²) in [5, 5.41) is 3.43. The molecule has 0 bridgehead atoms. The van der Waals surface area contributed by atoms with Crippen molar-refractivity contribution < 1.29 is 0 Å². The van der Waals surface area contributed by atoms with Gasteiger partial charge in [-0.25, -0.2) is 9.97 Å². The van der Waals surface area contributed by atoms with Crippen LogP contribution in [0.25, 0.3) is 11.2 Å². The Hall–Kier alpha value is -1.42. The van der Waals surface area contributed by atoms with E-state index in [1.165, 1.54) is 0 Å². The smallest absolute Gasteiger partial charge is 0.159 e. The van der Waals surface area contributed by atoms with Crippen LogP contribution in [0.3, 0.4) is 0 Å². The highest BCUT2D eigenvalue weighted by atomic mass is 15.2. The Bertz CT molecular complexity index is 499. The molecule has 0 aliphatic carbocycles. The van der Waals surface area contributed by atoms with Gasteiger partial charge in [-0.05, 0) is 32.5 Å². The van der Waals surface area contributed by atoms with Crippen molar-refractivity contribution in [2.45, 2.75) is 26.3 Å². The molecule has 2 aromatic heterocycles. The number of aromatic nitrogens is 3. The lowest BCUT2D eigenvalue weighted by atomic mass is 10.1. The van der Waals surface area contributed by atoms with Crippen molar-refractivity contribution in [3.63, 3.8) is 0 Å². The van der Waals surface area contributed by atoms with Crippen molar-refractivity contribution in [3.05, 3.63) is 24.2 Å². The molecule has 0 atom stereocenters. The Balaban J connectivity index is 2.57. The zero-order valence-electron chi connectivity index (χ0n) is 10.3. The van der Waals surface area contributed by atoms with E-state index in [9.17, 15) is 0 Å². The normalized spacial score (nSPS) is 12.2. The van der Waals surface area contributed by atoms with Crippen LogP contribution in [0.15, 0.2) is 18.3 Å². The van der Waals surface area contributed by atoms with E-state index >= 15 is 0 Å². The quantitative estimate of drug-likeness (QED) is 0.854. The van der Waals surface area contributed by atoms with Crippen LogP contribution in [0, 0.1) is 0 Å². The topological polar surface area (TPSA) is 42.7 Å². The molecule has 0 amide bonds. The van der Waals surface area contributed by atoms with Gasteiger partial charge in [0, 0.05) is 13.2 Å². The maximum Gasteiger partial charge on any atom is 0.159 e. The van der Waals surface area contributed by atoms with E-state index in [0.29, 0.717) is 0 Å². The fourth-order valence-corrected chi connectivity index (χ4v) is 2.10. The van der Waals surface area contributed by atoms with Crippen LogP contribution >= 0.6 is 0 Å². The van der Waals surface area contributed by atoms with Crippen molar-refractivity contribution >= 4 is 11.2 Å². The molecule has 0 saturated carbocycles. The van der Waals surface area contributed by atoms with Gasteiger partial charge in [0.25, 0.3) is 0 Å². The van der Waals surface area contributed by atoms with Gasteiger partial charge < -0.3 is 9.88 Å². The molecule has 16 heavy (non-hydrogen) atoms. The van der Waals surface area contributed by atoms with E-state index in [1.54, 1.807) is 6.20 Å². The second-order valence-corrected chi connectivity index (χ2v) is 4.50. The molecule has 86 valence electrons. The summed E-state index contributed by atoms with van der Waals surface area (Å²) in [7, 11) is 2.01. The van der Waals surface area contributed by atoms with Crippen molar-refractivity contribution in [1.82, 2.24) is 19.9 Å². The summed E-state index contributed by atoms with van der Waals surface area (Å²) < 4.78 is 2.05. The average Bonchev–Trinajstić information content (AvgIpc) is 2.58. The van der Waals surface area contributed by atoms with Crippen LogP contribution in [0.2, 0.25) is 0 Å². The zero-order valence-corrected chi connectivity index (χ0v) is 10.3. The molecule has 2 heterocycles. The molecule has 0 aromatic carbocycles. The number of nitrogens with zero attached hydrogens (tertiary/aromatic N) is 3. The fourth-order valence-electron chi connectivity index (χ4n) is 2.10. The lowest BCUT2D eigenvalue weighted by Gasteiger charge is -2.24. The summed E-state index contributed by atoms with van der Waals surface area (Å²) in [5.74, 6) is 1.02. The molecule has 0 unspecified atom stereocenters. The number of aryl methyl sites for hydroxylation is 1. The van der Waals surface area contributed by atoms with E-state index in [4.69, 9.17) is 0 Å². The van der Waals surface area contributed by atoms with Gasteiger partial charge in [0.15, 0.2) is 5.65 Å². The molecule has 0 fully saturated rings. The lowest BCUT2D eigenvalue weighted by Crippen LogP contribution is -2.38. The third kappa shape index (κ3) is 1.69. The van der Waals surface area contributed by atoms with Gasteiger partial charge in [0.05, 0.1) is 5.54 Å². The monoisotopic (exact) mass is 218 g/mol. The molecule has 0 spiro atoms. The average molecular weight is 218 g/mol. The van der Waals surface area contributed by atoms with Crippen molar-refractivity contribution in [1.29, 1.82) is 0 Å². The molecule has 0 aliphatic heterocycles. The second kappa shape index (κ2) is 3.87. The summed E-state index contributed by atoms with van der Waals surface area (Å²) in [6, 6.07) is 3.91. The highest BCUT2D eigenvalue weighted by Crippen LogP contribution is 2.22. The molecule has 0 radical (unpaired) electrons. The third-order valence-corrected chi connectivity index (χ3v) is 2.81. The molecule has 2 aromatic rings. The molecule has 0 aliphatic rings. The van der Waals surface area contributed by atoms with Gasteiger partial charge >= 0.3 is 0 Å². The standard InChI is InChI=1S/C12H18N4/c1-5-14-12(2,3)11-15-9-7-6-8-13-10(9)16(11)4/h6-8,14H,5H2,1-4H3. The first-order valence-corrected chi connectivity index (χ1v) is 5.59. The van der Waals surface area contributed by atoms with Gasteiger partial charge in [-0.3, -0.25) is 0 Å². The van der Waals surface area contributed by atoms with Gasteiger partial charge in [-0.2, -0.15) is 0 Å². The van der Waals surface area contributed by atoms with Crippen LogP contribution < -0.4 is 5.32 Å². The predicted octanol–water partition coefficient (Wildman–Crippen LogP) is 1.81. The molecule has 4 nitrogen and oxygen atoms in total. The van der Waals surface area contributed by atoms with Gasteiger partial charge in [0.2, 0.25) is 0 Å². The number of hydrogen-bond acceptors (Lipinski definition) is 3. The van der Waals surface area contributed by atoms with Crippen LogP contribution in [-0.4, -0.2) is 21.1 Å². The van der Waals surface area contributed by atoms with E-state index in [1.807, 2.05) is 19.2 Å². The largest absolute Gasteiger partial charge is 0.314 e. The minimum Gasteiger partial charge on any atom is -0.314 e. The Morgan fingerprint density at radius 1 is 1.44 bits per heavy atom. The Morgan fingerprint density at radius 3 is 2.81 bits per heavy atom. The van der Waals surface area contributed by atoms with Crippen LogP contribution in [-0.2, 0) is 12.6 Å². The molecule has 2 rings (SSSR count). The first-order valence-electron chi connectivity index (χ1n) is 5.59. The number of nitrogens with one attached hydrogen (secondary N) is 1. The summed E-state index contributed by atoms with van der Waals surface area (Å²) in [4.78, 5) is 8.99. The van der Waals surface area contributed by atoms with Gasteiger partial charge in [-0.1, -0.05) is 6.92 Å². The summed E-state index contributed by atoms with van der Waals surface area (Å²) in [6.07, 6.45) is 1.80. The van der Waals surface area contributed by atoms with Crippen molar-refractivity contribution in [3.8, 4) is 0 Å². The van der Waals surface area contributed by atoms with E-state index in [2.05, 4.69) is 40.6 Å². The summed E-state index contributed by atoms with van der Waals surface area (Å²) in [5.41, 5.74) is 1.75. The second-order valence-electron chi connectivity index (χ2n) is 4.50. The van der Waals surface area contributed by atoms with Gasteiger partial charge in [-0.15, -0.1) is 0 Å². The number of pyridine rings is 1. The molecule has 0 saturated heterocycles. The summed E-state index contributed by atoms with van der Waals surface area (Å²) >= 11 is 0. The minimum atomic E-state index is -0.135. The number of imidazole rings is 1. The predicted molar refractivity (Wildman–Crippen MR) is 65.2 cm³/mol. The first-order chi connectivity index (χ1) is 7.56. The van der Waals surface area contributed by atoms with E-state index < -0.39 is 0 Å². The molecular weight excluding hydrogens is 200 g/mol. The molecule has 4 heteroatoms. The lowest BCUT2D eigenvalue weighted by molar-refractivity contribution is 0.382. The van der Waals surface area contributed by atoms with Crippen LogP contribution in [0.1, 0.15) is 26.6 Å². The van der Waals surface area contributed by atoms with Gasteiger partial charge in [0.1, 0.15) is 11.3 Å². The zero-order chi connectivity index (χ0) is 11.8. The third-order valence-electron chi connectivity index (χ3n) is 2.81. The molecule has 1 N–H and O–H groups in total. The van der Waals surface area contributed by atoms with Crippen LogP contribution in [0.5, 0.6) is 0 Å². The highest BCUT2D eigenvalue weighted by Gasteiger charge is 2.25. The maximum absolute atomic E-state index is 4.64. The molecular formula is C12H18N4. The SMILES string of the molecule is CCNC(C)(C)c1nc2cccnc2n1C. The van der Waals surface area contributed by atoms with Crippen molar-refractivity contribution in [2.24, 2.45) is 7.05 Å². The first kappa shape index (κ1) is 11.1. The fraction of sp³-hybridized carbons (Fsp3) is 0.500. The maximum atomic E-state index is 4.64. The summed E-state index contributed by atoms with van der Waals surface area (Å²) in [6.45, 7) is 7.29. The Labute approximate surface area is 95.7 Å². The highest BCUT2D eigenvalue weighted by molar-refractivity contribution is 5.71. The number of rotatable bonds is 3.